The standard InChI is InChI=1S/C22H33N5O/c1-14-18-16(20(28)24-13-22(5)8-10-23-11-9-22)12-17(15-6-7-15)25-19(18)27(26-14)21(2,3)4/h12,15,23H,6-11,13H2,1-5H3,(H,24,28). The van der Waals surface area contributed by atoms with Crippen molar-refractivity contribution in [3.8, 4) is 0 Å². The molecule has 1 aliphatic heterocycles. The third-order valence-corrected chi connectivity index (χ3v) is 6.19. The van der Waals surface area contributed by atoms with Crippen molar-refractivity contribution in [3.05, 3.63) is 23.0 Å². The fraction of sp³-hybridized carbons (Fsp3) is 0.682. The van der Waals surface area contributed by atoms with Gasteiger partial charge in [0.05, 0.1) is 22.2 Å². The van der Waals surface area contributed by atoms with E-state index in [-0.39, 0.29) is 16.9 Å². The molecule has 2 aromatic heterocycles. The van der Waals surface area contributed by atoms with Gasteiger partial charge in [0, 0.05) is 18.2 Å². The summed E-state index contributed by atoms with van der Waals surface area (Å²) in [6, 6.07) is 2.02. The lowest BCUT2D eigenvalue weighted by Crippen LogP contribution is -2.43. The van der Waals surface area contributed by atoms with Crippen LogP contribution in [0.3, 0.4) is 0 Å². The first kappa shape index (κ1) is 19.4. The Hall–Kier alpha value is -1.95. The van der Waals surface area contributed by atoms with Crippen molar-refractivity contribution in [2.75, 3.05) is 19.6 Å². The van der Waals surface area contributed by atoms with Crippen molar-refractivity contribution in [1.82, 2.24) is 25.4 Å². The van der Waals surface area contributed by atoms with Crippen molar-refractivity contribution < 1.29 is 4.79 Å². The summed E-state index contributed by atoms with van der Waals surface area (Å²) in [7, 11) is 0. The Kier molecular flexibility index (Phi) is 4.73. The molecule has 1 aliphatic carbocycles. The van der Waals surface area contributed by atoms with E-state index in [0.29, 0.717) is 12.5 Å². The number of pyridine rings is 1. The molecule has 0 atom stereocenters. The van der Waals surface area contributed by atoms with Crippen LogP contribution in [0, 0.1) is 12.3 Å². The van der Waals surface area contributed by atoms with Gasteiger partial charge >= 0.3 is 0 Å². The van der Waals surface area contributed by atoms with Gasteiger partial charge in [0.25, 0.3) is 5.91 Å². The minimum absolute atomic E-state index is 0.00520. The van der Waals surface area contributed by atoms with Gasteiger partial charge in [0.2, 0.25) is 0 Å². The number of hydrogen-bond acceptors (Lipinski definition) is 4. The van der Waals surface area contributed by atoms with E-state index in [2.05, 4.69) is 38.3 Å². The molecule has 28 heavy (non-hydrogen) atoms. The molecule has 1 saturated heterocycles. The number of hydrogen-bond donors (Lipinski definition) is 2. The lowest BCUT2D eigenvalue weighted by Gasteiger charge is -2.34. The Labute approximate surface area is 167 Å². The van der Waals surface area contributed by atoms with Gasteiger partial charge in [-0.25, -0.2) is 9.67 Å². The number of fused-ring (bicyclic) bond motifs is 1. The lowest BCUT2D eigenvalue weighted by atomic mass is 9.81. The molecule has 4 rings (SSSR count). The molecule has 0 aromatic carbocycles. The van der Waals surface area contributed by atoms with Crippen LogP contribution in [-0.2, 0) is 5.54 Å². The van der Waals surface area contributed by atoms with Crippen molar-refractivity contribution in [1.29, 1.82) is 0 Å². The Morgan fingerprint density at radius 2 is 2.00 bits per heavy atom. The summed E-state index contributed by atoms with van der Waals surface area (Å²) in [5.74, 6) is 0.493. The number of carbonyl (C=O) groups is 1. The van der Waals surface area contributed by atoms with E-state index in [1.54, 1.807) is 0 Å². The van der Waals surface area contributed by atoms with E-state index in [4.69, 9.17) is 10.1 Å². The molecular weight excluding hydrogens is 350 g/mol. The molecule has 2 N–H and O–H groups in total. The van der Waals surface area contributed by atoms with Crippen LogP contribution in [0.25, 0.3) is 11.0 Å². The summed E-state index contributed by atoms with van der Waals surface area (Å²) in [6.07, 6.45) is 4.50. The predicted molar refractivity (Wildman–Crippen MR) is 112 cm³/mol. The zero-order chi connectivity index (χ0) is 20.1. The molecule has 6 heteroatoms. The average Bonchev–Trinajstić information content (AvgIpc) is 3.43. The molecular formula is C22H33N5O. The van der Waals surface area contributed by atoms with Crippen LogP contribution in [0.4, 0.5) is 0 Å². The van der Waals surface area contributed by atoms with Gasteiger partial charge in [-0.2, -0.15) is 5.10 Å². The highest BCUT2D eigenvalue weighted by atomic mass is 16.1. The smallest absolute Gasteiger partial charge is 0.252 e. The lowest BCUT2D eigenvalue weighted by molar-refractivity contribution is 0.0923. The Morgan fingerprint density at radius 3 is 2.61 bits per heavy atom. The summed E-state index contributed by atoms with van der Waals surface area (Å²) < 4.78 is 1.98. The van der Waals surface area contributed by atoms with E-state index < -0.39 is 0 Å². The molecule has 0 radical (unpaired) electrons. The maximum absolute atomic E-state index is 13.3. The van der Waals surface area contributed by atoms with Crippen molar-refractivity contribution in [2.24, 2.45) is 5.41 Å². The maximum atomic E-state index is 13.3. The second-order valence-corrected chi connectivity index (χ2v) is 9.98. The molecule has 2 aromatic rings. The number of nitrogens with zero attached hydrogens (tertiary/aromatic N) is 3. The first-order valence-corrected chi connectivity index (χ1v) is 10.6. The topological polar surface area (TPSA) is 71.8 Å². The Bertz CT molecular complexity index is 898. The minimum Gasteiger partial charge on any atom is -0.351 e. The van der Waals surface area contributed by atoms with Gasteiger partial charge in [0.15, 0.2) is 5.65 Å². The summed E-state index contributed by atoms with van der Waals surface area (Å²) in [6.45, 7) is 13.4. The minimum atomic E-state index is -0.183. The fourth-order valence-corrected chi connectivity index (χ4v) is 4.14. The van der Waals surface area contributed by atoms with Gasteiger partial charge in [-0.15, -0.1) is 0 Å². The van der Waals surface area contributed by atoms with Crippen LogP contribution in [0.5, 0.6) is 0 Å². The van der Waals surface area contributed by atoms with Gasteiger partial charge in [-0.3, -0.25) is 4.79 Å². The number of nitrogens with one attached hydrogen (secondary N) is 2. The van der Waals surface area contributed by atoms with Crippen LogP contribution in [0.2, 0.25) is 0 Å². The van der Waals surface area contributed by atoms with Gasteiger partial charge < -0.3 is 10.6 Å². The molecule has 1 saturated carbocycles. The van der Waals surface area contributed by atoms with Crippen LogP contribution in [0.15, 0.2) is 6.07 Å². The van der Waals surface area contributed by atoms with Crippen LogP contribution < -0.4 is 10.6 Å². The normalized spacial score (nSPS) is 19.8. The number of carbonyl (C=O) groups excluding carboxylic acids is 1. The second kappa shape index (κ2) is 6.83. The monoisotopic (exact) mass is 383 g/mol. The number of amides is 1. The second-order valence-electron chi connectivity index (χ2n) is 9.98. The van der Waals surface area contributed by atoms with Crippen molar-refractivity contribution in [3.63, 3.8) is 0 Å². The van der Waals surface area contributed by atoms with Crippen LogP contribution in [0.1, 0.15) is 81.0 Å². The molecule has 0 unspecified atom stereocenters. The Balaban J connectivity index is 1.71. The first-order chi connectivity index (χ1) is 13.2. The predicted octanol–water partition coefficient (Wildman–Crippen LogP) is 3.49. The molecule has 2 fully saturated rings. The summed E-state index contributed by atoms with van der Waals surface area (Å²) >= 11 is 0. The zero-order valence-electron chi connectivity index (χ0n) is 17.9. The van der Waals surface area contributed by atoms with Crippen molar-refractivity contribution in [2.45, 2.75) is 71.8 Å². The highest BCUT2D eigenvalue weighted by Crippen LogP contribution is 2.41. The van der Waals surface area contributed by atoms with Gasteiger partial charge in [-0.1, -0.05) is 6.92 Å². The molecule has 0 spiro atoms. The summed E-state index contributed by atoms with van der Waals surface area (Å²) in [5.41, 5.74) is 3.47. The Morgan fingerprint density at radius 1 is 1.32 bits per heavy atom. The highest BCUT2D eigenvalue weighted by molar-refractivity contribution is 6.06. The van der Waals surface area contributed by atoms with Crippen molar-refractivity contribution >= 4 is 16.9 Å². The van der Waals surface area contributed by atoms with Gasteiger partial charge in [0.1, 0.15) is 0 Å². The molecule has 2 aliphatic rings. The molecule has 0 bridgehead atoms. The summed E-state index contributed by atoms with van der Waals surface area (Å²) in [4.78, 5) is 18.2. The molecule has 6 nitrogen and oxygen atoms in total. The van der Waals surface area contributed by atoms with Crippen LogP contribution >= 0.6 is 0 Å². The third kappa shape index (κ3) is 3.66. The van der Waals surface area contributed by atoms with E-state index in [1.165, 1.54) is 0 Å². The molecule has 152 valence electrons. The average molecular weight is 384 g/mol. The number of aromatic nitrogens is 3. The zero-order valence-corrected chi connectivity index (χ0v) is 17.9. The van der Waals surface area contributed by atoms with E-state index in [1.807, 2.05) is 17.7 Å². The summed E-state index contributed by atoms with van der Waals surface area (Å²) in [5, 5.41) is 12.3. The maximum Gasteiger partial charge on any atom is 0.252 e. The molecule has 3 heterocycles. The van der Waals surface area contributed by atoms with Gasteiger partial charge in [-0.05, 0) is 77.9 Å². The molecule has 1 amide bonds. The largest absolute Gasteiger partial charge is 0.351 e. The van der Waals surface area contributed by atoms with E-state index >= 15 is 0 Å². The highest BCUT2D eigenvalue weighted by Gasteiger charge is 2.31. The first-order valence-electron chi connectivity index (χ1n) is 10.6. The number of aryl methyl sites for hydroxylation is 1. The number of piperidine rings is 1. The van der Waals surface area contributed by atoms with E-state index in [9.17, 15) is 4.79 Å². The number of rotatable bonds is 4. The third-order valence-electron chi connectivity index (χ3n) is 6.19. The quantitative estimate of drug-likeness (QED) is 0.848. The fourth-order valence-electron chi connectivity index (χ4n) is 4.14. The van der Waals surface area contributed by atoms with Crippen LogP contribution in [-0.4, -0.2) is 40.3 Å². The SMILES string of the molecule is Cc1nn(C(C)(C)C)c2nc(C3CC3)cc(C(=O)NCC3(C)CCNCC3)c12. The van der Waals surface area contributed by atoms with E-state index in [0.717, 1.165) is 66.8 Å².